The molecule has 9 heteroatoms. The highest BCUT2D eigenvalue weighted by Crippen LogP contribution is 2.43. The lowest BCUT2D eigenvalue weighted by atomic mass is 9.79. The third kappa shape index (κ3) is 4.85. The molecular formula is C32H32F2N4O3. The number of benzene rings is 3. The van der Waals surface area contributed by atoms with Crippen LogP contribution >= 0.6 is 0 Å². The van der Waals surface area contributed by atoms with Gasteiger partial charge in [0.15, 0.2) is 6.29 Å². The van der Waals surface area contributed by atoms with Crippen LogP contribution in [0.25, 0.3) is 22.0 Å². The molecule has 0 fully saturated rings. The molecule has 0 radical (unpaired) electrons. The van der Waals surface area contributed by atoms with Gasteiger partial charge in [-0.3, -0.25) is 14.5 Å². The Balaban J connectivity index is 1.61. The number of halogens is 2. The molecule has 1 atom stereocenters. The van der Waals surface area contributed by atoms with E-state index < -0.39 is 23.6 Å². The molecule has 1 aliphatic rings. The van der Waals surface area contributed by atoms with E-state index in [0.29, 0.717) is 51.4 Å². The van der Waals surface area contributed by atoms with Crippen LogP contribution in [-0.2, 0) is 12.8 Å². The lowest BCUT2D eigenvalue weighted by molar-refractivity contribution is 0.100. The summed E-state index contributed by atoms with van der Waals surface area (Å²) < 4.78 is 30.5. The molecule has 1 aliphatic carbocycles. The van der Waals surface area contributed by atoms with E-state index in [9.17, 15) is 18.8 Å². The first-order valence-corrected chi connectivity index (χ1v) is 13.6. The van der Waals surface area contributed by atoms with Crippen LogP contribution in [-0.4, -0.2) is 30.3 Å². The van der Waals surface area contributed by atoms with Crippen LogP contribution in [0.4, 0.5) is 25.0 Å². The summed E-state index contributed by atoms with van der Waals surface area (Å²) in [7, 11) is 1.36. The second-order valence-corrected chi connectivity index (χ2v) is 11.0. The summed E-state index contributed by atoms with van der Waals surface area (Å²) in [5, 5.41) is 3.40. The van der Waals surface area contributed by atoms with E-state index >= 15 is 4.39 Å². The van der Waals surface area contributed by atoms with Crippen molar-refractivity contribution in [2.24, 2.45) is 17.6 Å². The van der Waals surface area contributed by atoms with E-state index in [-0.39, 0.29) is 16.8 Å². The first-order valence-electron chi connectivity index (χ1n) is 13.6. The smallest absolute Gasteiger partial charge is 0.326 e. The van der Waals surface area contributed by atoms with Gasteiger partial charge in [-0.15, -0.1) is 0 Å². The lowest BCUT2D eigenvalue weighted by Gasteiger charge is -2.26. The maximum atomic E-state index is 15.9. The van der Waals surface area contributed by atoms with Crippen molar-refractivity contribution in [3.05, 3.63) is 82.0 Å². The first kappa shape index (κ1) is 28.0. The first-order chi connectivity index (χ1) is 19.5. The SMILES string of the molecule is Cc1c(NC(=O)N(C)c2c(F)cccc2C=O)cccc1-c1c(F)cc(C(N)=O)c2[nH]c3c(c12)CCC(C(C)C)C3. The number of amides is 3. The maximum Gasteiger partial charge on any atom is 0.326 e. The number of nitrogens with zero attached hydrogens (tertiary/aromatic N) is 1. The number of para-hydroxylation sites is 1. The molecule has 3 aromatic carbocycles. The minimum atomic E-state index is -0.719. The molecule has 3 amide bonds. The molecule has 5 rings (SSSR count). The van der Waals surface area contributed by atoms with Gasteiger partial charge in [0.25, 0.3) is 5.91 Å². The number of hydrogen-bond acceptors (Lipinski definition) is 3. The lowest BCUT2D eigenvalue weighted by Crippen LogP contribution is -2.33. The maximum absolute atomic E-state index is 15.9. The summed E-state index contributed by atoms with van der Waals surface area (Å²) in [6.45, 7) is 6.13. The molecular weight excluding hydrogens is 526 g/mol. The summed E-state index contributed by atoms with van der Waals surface area (Å²) in [4.78, 5) is 41.4. The number of aromatic amines is 1. The highest BCUT2D eigenvalue weighted by molar-refractivity contribution is 6.12. The van der Waals surface area contributed by atoms with Crippen molar-refractivity contribution in [3.63, 3.8) is 0 Å². The van der Waals surface area contributed by atoms with Gasteiger partial charge in [-0.05, 0) is 79.0 Å². The fraction of sp³-hybridized carbons (Fsp3) is 0.281. The summed E-state index contributed by atoms with van der Waals surface area (Å²) in [6, 6.07) is 9.60. The van der Waals surface area contributed by atoms with Gasteiger partial charge in [-0.2, -0.15) is 0 Å². The number of aryl methyl sites for hydroxylation is 1. The van der Waals surface area contributed by atoms with Gasteiger partial charge in [0.2, 0.25) is 0 Å². The molecule has 4 aromatic rings. The number of rotatable bonds is 6. The van der Waals surface area contributed by atoms with Crippen LogP contribution in [0.2, 0.25) is 0 Å². The Bertz CT molecular complexity index is 1710. The zero-order chi connectivity index (χ0) is 29.6. The molecule has 212 valence electrons. The molecule has 0 saturated heterocycles. The van der Waals surface area contributed by atoms with E-state index in [1.807, 2.05) is 0 Å². The number of nitrogens with one attached hydrogen (secondary N) is 2. The zero-order valence-electron chi connectivity index (χ0n) is 23.4. The molecule has 1 aromatic heterocycles. The quantitative estimate of drug-likeness (QED) is 0.228. The number of carbonyl (C=O) groups excluding carboxylic acids is 3. The third-order valence-electron chi connectivity index (χ3n) is 8.29. The standard InChI is InChI=1S/C32H32F2N4O3/c1-16(2)18-11-12-21-26(13-18)36-29-22(31(35)40)14-24(34)27(28(21)29)20-8-6-10-25(17(20)3)37-32(41)38(4)30-19(15-39)7-5-9-23(30)33/h5-10,14-16,18,36H,11-13H2,1-4H3,(H2,35,40)(H,37,41). The molecule has 41 heavy (non-hydrogen) atoms. The van der Waals surface area contributed by atoms with Crippen molar-refractivity contribution >= 4 is 40.5 Å². The Morgan fingerprint density at radius 1 is 1.15 bits per heavy atom. The highest BCUT2D eigenvalue weighted by atomic mass is 19.1. The largest absolute Gasteiger partial charge is 0.366 e. The van der Waals surface area contributed by atoms with E-state index in [1.54, 1.807) is 25.1 Å². The van der Waals surface area contributed by atoms with Crippen molar-refractivity contribution < 1.29 is 23.2 Å². The highest BCUT2D eigenvalue weighted by Gasteiger charge is 2.30. The summed E-state index contributed by atoms with van der Waals surface area (Å²) in [5.74, 6) is -1.08. The van der Waals surface area contributed by atoms with Crippen molar-refractivity contribution in [1.82, 2.24) is 4.98 Å². The second kappa shape index (κ2) is 10.8. The number of primary amides is 1. The summed E-state index contributed by atoms with van der Waals surface area (Å²) >= 11 is 0. The van der Waals surface area contributed by atoms with Crippen LogP contribution in [0, 0.1) is 30.4 Å². The van der Waals surface area contributed by atoms with E-state index in [1.165, 1.54) is 31.3 Å². The Labute approximate surface area is 236 Å². The van der Waals surface area contributed by atoms with Gasteiger partial charge in [-0.1, -0.05) is 32.0 Å². The monoisotopic (exact) mass is 558 g/mol. The van der Waals surface area contributed by atoms with Crippen molar-refractivity contribution in [2.75, 3.05) is 17.3 Å². The Morgan fingerprint density at radius 2 is 1.88 bits per heavy atom. The number of H-pyrrole nitrogens is 1. The van der Waals surface area contributed by atoms with Crippen LogP contribution in [0.5, 0.6) is 0 Å². The predicted octanol–water partition coefficient (Wildman–Crippen LogP) is 6.76. The molecule has 0 aliphatic heterocycles. The normalized spacial score (nSPS) is 14.7. The topological polar surface area (TPSA) is 108 Å². The Morgan fingerprint density at radius 3 is 2.56 bits per heavy atom. The van der Waals surface area contributed by atoms with Crippen molar-refractivity contribution in [2.45, 2.75) is 40.0 Å². The average molecular weight is 559 g/mol. The molecule has 7 nitrogen and oxygen atoms in total. The number of fused-ring (bicyclic) bond motifs is 3. The van der Waals surface area contributed by atoms with Gasteiger partial charge in [-0.25, -0.2) is 13.6 Å². The van der Waals surface area contributed by atoms with Crippen LogP contribution in [0.15, 0.2) is 42.5 Å². The van der Waals surface area contributed by atoms with E-state index in [0.717, 1.165) is 35.4 Å². The molecule has 1 heterocycles. The van der Waals surface area contributed by atoms with Gasteiger partial charge in [0.1, 0.15) is 11.6 Å². The Hall–Kier alpha value is -4.53. The van der Waals surface area contributed by atoms with Gasteiger partial charge in [0.05, 0.1) is 16.8 Å². The number of carbonyl (C=O) groups is 3. The Kier molecular flexibility index (Phi) is 7.38. The van der Waals surface area contributed by atoms with Crippen molar-refractivity contribution in [3.8, 4) is 11.1 Å². The summed E-state index contributed by atoms with van der Waals surface area (Å²) in [5.41, 5.74) is 9.94. The molecule has 0 bridgehead atoms. The zero-order valence-corrected chi connectivity index (χ0v) is 23.4. The minimum Gasteiger partial charge on any atom is -0.366 e. The fourth-order valence-electron chi connectivity index (χ4n) is 5.95. The van der Waals surface area contributed by atoms with Crippen LogP contribution < -0.4 is 16.0 Å². The van der Waals surface area contributed by atoms with E-state index in [2.05, 4.69) is 24.1 Å². The molecule has 0 saturated carbocycles. The minimum absolute atomic E-state index is 0.0315. The number of aldehydes is 1. The third-order valence-corrected chi connectivity index (χ3v) is 8.29. The van der Waals surface area contributed by atoms with Gasteiger partial charge >= 0.3 is 6.03 Å². The number of hydrogen-bond donors (Lipinski definition) is 3. The van der Waals surface area contributed by atoms with Crippen LogP contribution in [0.1, 0.15) is 57.8 Å². The van der Waals surface area contributed by atoms with Crippen LogP contribution in [0.3, 0.4) is 0 Å². The van der Waals surface area contributed by atoms with Crippen molar-refractivity contribution in [1.29, 1.82) is 0 Å². The molecule has 0 spiro atoms. The van der Waals surface area contributed by atoms with Gasteiger partial charge < -0.3 is 16.0 Å². The number of nitrogens with two attached hydrogens (primary N) is 1. The number of anilines is 2. The number of aromatic nitrogens is 1. The van der Waals surface area contributed by atoms with E-state index in [4.69, 9.17) is 5.73 Å². The number of urea groups is 1. The fourth-order valence-corrected chi connectivity index (χ4v) is 5.95. The molecule has 1 unspecified atom stereocenters. The molecule has 4 N–H and O–H groups in total. The van der Waals surface area contributed by atoms with Gasteiger partial charge in [0, 0.05) is 34.9 Å². The predicted molar refractivity (Wildman–Crippen MR) is 157 cm³/mol. The average Bonchev–Trinajstić information content (AvgIpc) is 3.32. The summed E-state index contributed by atoms with van der Waals surface area (Å²) in [6.07, 6.45) is 2.95. The second-order valence-electron chi connectivity index (χ2n) is 11.0.